The van der Waals surface area contributed by atoms with Gasteiger partial charge in [-0.1, -0.05) is 5.16 Å². The Bertz CT molecular complexity index is 914. The molecule has 1 saturated heterocycles. The summed E-state index contributed by atoms with van der Waals surface area (Å²) in [4.78, 5) is 29.1. The van der Waals surface area contributed by atoms with Crippen LogP contribution in [0.4, 0.5) is 13.2 Å². The van der Waals surface area contributed by atoms with E-state index in [0.717, 1.165) is 6.07 Å². The van der Waals surface area contributed by atoms with Gasteiger partial charge in [0.1, 0.15) is 0 Å². The lowest BCUT2D eigenvalue weighted by Crippen LogP contribution is -2.42. The fraction of sp³-hybridized carbons (Fsp3) is 0.467. The molecule has 3 heterocycles. The summed E-state index contributed by atoms with van der Waals surface area (Å²) in [6.45, 7) is 0.981. The third-order valence-corrected chi connectivity index (χ3v) is 5.30. The van der Waals surface area contributed by atoms with Crippen LogP contribution in [0.5, 0.6) is 0 Å². The highest BCUT2D eigenvalue weighted by Crippen LogP contribution is 2.29. The first kappa shape index (κ1) is 19.3. The van der Waals surface area contributed by atoms with Crippen molar-refractivity contribution < 1.29 is 26.7 Å². The molecule has 3 rings (SSSR count). The molecule has 0 N–H and O–H groups in total. The van der Waals surface area contributed by atoms with E-state index in [0.29, 0.717) is 24.6 Å². The zero-order valence-corrected chi connectivity index (χ0v) is 14.8. The van der Waals surface area contributed by atoms with Gasteiger partial charge in [0, 0.05) is 66.2 Å². The Morgan fingerprint density at radius 2 is 2.00 bits per heavy atom. The van der Waals surface area contributed by atoms with E-state index in [1.54, 1.807) is 4.90 Å². The maximum atomic E-state index is 12.5. The quantitative estimate of drug-likeness (QED) is 0.751. The second-order valence-electron chi connectivity index (χ2n) is 5.85. The zero-order chi connectivity index (χ0) is 19.6. The lowest BCUT2D eigenvalue weighted by molar-refractivity contribution is -0.159. The Balaban J connectivity index is 1.65. The van der Waals surface area contributed by atoms with E-state index in [2.05, 4.69) is 14.7 Å². The topological polar surface area (TPSA) is 98.3 Å². The minimum atomic E-state index is -4.76. The standard InChI is InChI=1S/C15H15F3N4O4S/c16-15(17,18)14-19-13(20-26-14)10-1-3-21(12(24)9-10)4-2-11(23)22-5-7-27(25)8-6-22/h1,3,9H,2,4-8H2. The van der Waals surface area contributed by atoms with Crippen LogP contribution >= 0.6 is 0 Å². The number of amides is 1. The zero-order valence-electron chi connectivity index (χ0n) is 13.9. The van der Waals surface area contributed by atoms with Crippen molar-refractivity contribution in [1.82, 2.24) is 19.6 Å². The molecule has 2 aromatic heterocycles. The highest BCUT2D eigenvalue weighted by molar-refractivity contribution is 7.85. The minimum Gasteiger partial charge on any atom is -0.341 e. The van der Waals surface area contributed by atoms with Crippen LogP contribution < -0.4 is 5.56 Å². The summed E-state index contributed by atoms with van der Waals surface area (Å²) in [7, 11) is -0.885. The van der Waals surface area contributed by atoms with Crippen LogP contribution in [0.25, 0.3) is 11.4 Å². The molecular weight excluding hydrogens is 389 g/mol. The monoisotopic (exact) mass is 404 g/mol. The fourth-order valence-electron chi connectivity index (χ4n) is 2.55. The predicted molar refractivity (Wildman–Crippen MR) is 88.1 cm³/mol. The number of nitrogens with zero attached hydrogens (tertiary/aromatic N) is 4. The van der Waals surface area contributed by atoms with Gasteiger partial charge in [-0.15, -0.1) is 0 Å². The van der Waals surface area contributed by atoms with Crippen LogP contribution in [0.2, 0.25) is 0 Å². The van der Waals surface area contributed by atoms with E-state index in [1.807, 2.05) is 0 Å². The number of alkyl halides is 3. The Kier molecular flexibility index (Phi) is 5.44. The molecule has 0 bridgehead atoms. The molecule has 0 radical (unpaired) electrons. The molecule has 1 aliphatic heterocycles. The summed E-state index contributed by atoms with van der Waals surface area (Å²) in [6.07, 6.45) is -3.31. The number of pyridine rings is 1. The van der Waals surface area contributed by atoms with Gasteiger partial charge in [0.05, 0.1) is 0 Å². The molecule has 0 atom stereocenters. The second kappa shape index (κ2) is 7.62. The van der Waals surface area contributed by atoms with Crippen molar-refractivity contribution in [2.75, 3.05) is 24.6 Å². The van der Waals surface area contributed by atoms with Crippen molar-refractivity contribution in [2.24, 2.45) is 0 Å². The van der Waals surface area contributed by atoms with Crippen molar-refractivity contribution in [1.29, 1.82) is 0 Å². The molecule has 0 aliphatic carbocycles. The summed E-state index contributed by atoms with van der Waals surface area (Å²) in [5, 5.41) is 3.23. The first-order valence-electron chi connectivity index (χ1n) is 7.98. The number of aryl methyl sites for hydroxylation is 1. The molecule has 1 aliphatic rings. The van der Waals surface area contributed by atoms with E-state index in [4.69, 9.17) is 0 Å². The van der Waals surface area contributed by atoms with E-state index in [9.17, 15) is 27.0 Å². The lowest BCUT2D eigenvalue weighted by Gasteiger charge is -2.26. The van der Waals surface area contributed by atoms with Gasteiger partial charge < -0.3 is 14.0 Å². The third kappa shape index (κ3) is 4.62. The van der Waals surface area contributed by atoms with Crippen LogP contribution in [0.15, 0.2) is 27.6 Å². The fourth-order valence-corrected chi connectivity index (χ4v) is 3.60. The van der Waals surface area contributed by atoms with Gasteiger partial charge in [0.15, 0.2) is 0 Å². The van der Waals surface area contributed by atoms with Gasteiger partial charge in [-0.3, -0.25) is 13.8 Å². The molecule has 27 heavy (non-hydrogen) atoms. The molecule has 12 heteroatoms. The Morgan fingerprint density at radius 1 is 1.30 bits per heavy atom. The maximum Gasteiger partial charge on any atom is 0.471 e. The smallest absolute Gasteiger partial charge is 0.341 e. The van der Waals surface area contributed by atoms with Crippen molar-refractivity contribution in [3.8, 4) is 11.4 Å². The van der Waals surface area contributed by atoms with Crippen LogP contribution in [0, 0.1) is 0 Å². The number of hydrogen-bond donors (Lipinski definition) is 0. The number of hydrogen-bond acceptors (Lipinski definition) is 6. The molecular formula is C15H15F3N4O4S. The Labute approximate surface area is 153 Å². The highest BCUT2D eigenvalue weighted by atomic mass is 32.2. The van der Waals surface area contributed by atoms with E-state index < -0.39 is 28.4 Å². The maximum absolute atomic E-state index is 12.5. The largest absolute Gasteiger partial charge is 0.471 e. The normalized spacial score (nSPS) is 15.9. The minimum absolute atomic E-state index is 0.0836. The Hall–Kier alpha value is -2.50. The number of rotatable bonds is 4. The molecule has 2 aromatic rings. The van der Waals surface area contributed by atoms with E-state index >= 15 is 0 Å². The van der Waals surface area contributed by atoms with Crippen molar-refractivity contribution in [2.45, 2.75) is 19.1 Å². The van der Waals surface area contributed by atoms with Crippen LogP contribution in [-0.2, 0) is 28.3 Å². The molecule has 146 valence electrons. The summed E-state index contributed by atoms with van der Waals surface area (Å²) in [5.41, 5.74) is -0.418. The van der Waals surface area contributed by atoms with Crippen LogP contribution in [-0.4, -0.2) is 54.3 Å². The lowest BCUT2D eigenvalue weighted by atomic mass is 10.2. The molecule has 1 fully saturated rings. The number of halogens is 3. The number of carbonyl (C=O) groups is 1. The molecule has 1 amide bonds. The van der Waals surface area contributed by atoms with E-state index in [1.165, 1.54) is 16.8 Å². The molecule has 0 saturated carbocycles. The van der Waals surface area contributed by atoms with Crippen LogP contribution in [0.1, 0.15) is 12.3 Å². The van der Waals surface area contributed by atoms with Gasteiger partial charge in [-0.2, -0.15) is 18.2 Å². The van der Waals surface area contributed by atoms with Gasteiger partial charge in [-0.25, -0.2) is 0 Å². The first-order valence-corrected chi connectivity index (χ1v) is 9.47. The van der Waals surface area contributed by atoms with Gasteiger partial charge in [0.2, 0.25) is 11.7 Å². The number of aromatic nitrogens is 3. The first-order chi connectivity index (χ1) is 12.7. The van der Waals surface area contributed by atoms with E-state index in [-0.39, 0.29) is 30.3 Å². The highest BCUT2D eigenvalue weighted by Gasteiger charge is 2.38. The molecule has 0 unspecified atom stereocenters. The third-order valence-electron chi connectivity index (χ3n) is 4.02. The van der Waals surface area contributed by atoms with Gasteiger partial charge >= 0.3 is 12.1 Å². The summed E-state index contributed by atoms with van der Waals surface area (Å²) in [6, 6.07) is 2.46. The van der Waals surface area contributed by atoms with Crippen molar-refractivity contribution >= 4 is 16.7 Å². The predicted octanol–water partition coefficient (Wildman–Crippen LogP) is 0.898. The van der Waals surface area contributed by atoms with Gasteiger partial charge in [0.25, 0.3) is 5.56 Å². The average Bonchev–Trinajstić information content (AvgIpc) is 3.11. The number of carbonyl (C=O) groups excluding carboxylic acids is 1. The summed E-state index contributed by atoms with van der Waals surface area (Å²) < 4.78 is 54.2. The van der Waals surface area contributed by atoms with Crippen molar-refractivity contribution in [3.05, 3.63) is 34.6 Å². The molecule has 0 aromatic carbocycles. The van der Waals surface area contributed by atoms with Crippen molar-refractivity contribution in [3.63, 3.8) is 0 Å². The average molecular weight is 404 g/mol. The Morgan fingerprint density at radius 3 is 2.59 bits per heavy atom. The second-order valence-corrected chi connectivity index (χ2v) is 7.54. The molecule has 0 spiro atoms. The SMILES string of the molecule is O=C(CCn1ccc(-c2noc(C(F)(F)F)n2)cc1=O)N1CCS(=O)CC1. The summed E-state index contributed by atoms with van der Waals surface area (Å²) in [5.74, 6) is -1.08. The van der Waals surface area contributed by atoms with Gasteiger partial charge in [-0.05, 0) is 6.07 Å². The summed E-state index contributed by atoms with van der Waals surface area (Å²) >= 11 is 0. The van der Waals surface area contributed by atoms with Crippen LogP contribution in [0.3, 0.4) is 0 Å². The molecule has 8 nitrogen and oxygen atoms in total.